The number of rotatable bonds is 4. The van der Waals surface area contributed by atoms with E-state index in [4.69, 9.17) is 12.2 Å². The second kappa shape index (κ2) is 7.58. The number of H-pyrrole nitrogens is 1. The summed E-state index contributed by atoms with van der Waals surface area (Å²) in [6.45, 7) is 5.73. The summed E-state index contributed by atoms with van der Waals surface area (Å²) < 4.78 is 1.81. The normalized spacial score (nSPS) is 17.6. The van der Waals surface area contributed by atoms with Gasteiger partial charge in [0.1, 0.15) is 5.56 Å². The minimum absolute atomic E-state index is 0.00897. The second-order valence-corrected chi connectivity index (χ2v) is 6.12. The van der Waals surface area contributed by atoms with Crippen LogP contribution < -0.4 is 5.56 Å². The summed E-state index contributed by atoms with van der Waals surface area (Å²) in [7, 11) is 0. The molecule has 2 rings (SSSR count). The first-order chi connectivity index (χ1) is 10.5. The van der Waals surface area contributed by atoms with Crippen LogP contribution in [0, 0.1) is 4.77 Å². The molecule has 1 aromatic rings. The van der Waals surface area contributed by atoms with Gasteiger partial charge in [0.2, 0.25) is 5.88 Å². The summed E-state index contributed by atoms with van der Waals surface area (Å²) >= 11 is 5.15. The van der Waals surface area contributed by atoms with Crippen molar-refractivity contribution in [1.29, 1.82) is 0 Å². The first-order valence-electron chi connectivity index (χ1n) is 7.91. The first kappa shape index (κ1) is 16.7. The standard InChI is InChI=1S/C15H24N4O2S/c1-3-11(2)19-14(21)12(13(20)17-15(19)22)10-16-18-8-6-4-5-7-9-18/h10-11,21H,3-9H2,1-2H3,(H,17,20,22)/b16-10+. The van der Waals surface area contributed by atoms with Crippen LogP contribution in [-0.4, -0.2) is 39.0 Å². The lowest BCUT2D eigenvalue weighted by atomic mass is 10.2. The molecule has 0 spiro atoms. The molecule has 1 aromatic heterocycles. The van der Waals surface area contributed by atoms with E-state index in [0.717, 1.165) is 32.4 Å². The highest BCUT2D eigenvalue weighted by molar-refractivity contribution is 7.71. The van der Waals surface area contributed by atoms with E-state index in [2.05, 4.69) is 10.1 Å². The minimum atomic E-state index is -0.402. The zero-order chi connectivity index (χ0) is 16.1. The third kappa shape index (κ3) is 3.76. The van der Waals surface area contributed by atoms with Crippen molar-refractivity contribution in [2.75, 3.05) is 13.1 Å². The van der Waals surface area contributed by atoms with Gasteiger partial charge in [-0.1, -0.05) is 19.8 Å². The van der Waals surface area contributed by atoms with Gasteiger partial charge in [0.25, 0.3) is 5.56 Å². The van der Waals surface area contributed by atoms with Crippen LogP contribution in [0.5, 0.6) is 5.88 Å². The van der Waals surface area contributed by atoms with Crippen LogP contribution >= 0.6 is 12.2 Å². The van der Waals surface area contributed by atoms with E-state index in [9.17, 15) is 9.90 Å². The average Bonchev–Trinajstić information content (AvgIpc) is 2.75. The molecule has 1 saturated heterocycles. The number of nitrogens with one attached hydrogen (secondary N) is 1. The van der Waals surface area contributed by atoms with Crippen molar-refractivity contribution in [2.45, 2.75) is 52.0 Å². The summed E-state index contributed by atoms with van der Waals surface area (Å²) in [6, 6.07) is 0.00897. The Morgan fingerprint density at radius 1 is 1.36 bits per heavy atom. The Kier molecular flexibility index (Phi) is 5.76. The molecule has 7 heteroatoms. The van der Waals surface area contributed by atoms with Gasteiger partial charge in [-0.05, 0) is 38.4 Å². The lowest BCUT2D eigenvalue weighted by Crippen LogP contribution is -2.22. The fraction of sp³-hybridized carbons (Fsp3) is 0.667. The van der Waals surface area contributed by atoms with Crippen molar-refractivity contribution < 1.29 is 5.11 Å². The van der Waals surface area contributed by atoms with Gasteiger partial charge in [-0.3, -0.25) is 19.4 Å². The van der Waals surface area contributed by atoms with E-state index in [1.807, 2.05) is 18.9 Å². The van der Waals surface area contributed by atoms with Crippen LogP contribution in [0.4, 0.5) is 0 Å². The first-order valence-corrected chi connectivity index (χ1v) is 8.32. The third-order valence-electron chi connectivity index (χ3n) is 4.12. The number of aromatic nitrogens is 2. The minimum Gasteiger partial charge on any atom is -0.494 e. The van der Waals surface area contributed by atoms with Gasteiger partial charge in [-0.2, -0.15) is 5.10 Å². The summed E-state index contributed by atoms with van der Waals surface area (Å²) in [5.41, 5.74) is -0.237. The molecular formula is C15H24N4O2S. The fourth-order valence-electron chi connectivity index (χ4n) is 2.57. The highest BCUT2D eigenvalue weighted by atomic mass is 32.1. The van der Waals surface area contributed by atoms with Crippen molar-refractivity contribution in [3.63, 3.8) is 0 Å². The molecule has 2 N–H and O–H groups in total. The van der Waals surface area contributed by atoms with Gasteiger partial charge >= 0.3 is 0 Å². The number of nitrogens with zero attached hydrogens (tertiary/aromatic N) is 3. The quantitative estimate of drug-likeness (QED) is 0.660. The molecule has 1 atom stereocenters. The molecule has 0 amide bonds. The Hall–Kier alpha value is -1.63. The van der Waals surface area contributed by atoms with Gasteiger partial charge < -0.3 is 5.11 Å². The van der Waals surface area contributed by atoms with Crippen LogP contribution in [0.3, 0.4) is 0 Å². The summed E-state index contributed by atoms with van der Waals surface area (Å²) in [6.07, 6.45) is 6.91. The molecule has 6 nitrogen and oxygen atoms in total. The third-order valence-corrected chi connectivity index (χ3v) is 4.42. The van der Waals surface area contributed by atoms with E-state index in [1.165, 1.54) is 19.1 Å². The van der Waals surface area contributed by atoms with Crippen LogP contribution in [0.25, 0.3) is 0 Å². The highest BCUT2D eigenvalue weighted by Crippen LogP contribution is 2.20. The molecule has 1 fully saturated rings. The van der Waals surface area contributed by atoms with Crippen molar-refractivity contribution in [3.8, 4) is 5.88 Å². The smallest absolute Gasteiger partial charge is 0.264 e. The van der Waals surface area contributed by atoms with E-state index in [1.54, 1.807) is 4.57 Å². The Labute approximate surface area is 135 Å². The molecule has 2 heterocycles. The maximum atomic E-state index is 12.1. The van der Waals surface area contributed by atoms with Crippen LogP contribution in [0.2, 0.25) is 0 Å². The maximum absolute atomic E-state index is 12.1. The van der Waals surface area contributed by atoms with Crippen LogP contribution in [0.1, 0.15) is 57.6 Å². The Morgan fingerprint density at radius 2 is 2.00 bits per heavy atom. The van der Waals surface area contributed by atoms with E-state index < -0.39 is 5.56 Å². The number of aromatic hydroxyl groups is 1. The lowest BCUT2D eigenvalue weighted by Gasteiger charge is -2.18. The number of hydrogen-bond donors (Lipinski definition) is 2. The SMILES string of the molecule is CCC(C)n1c(O)c(/C=N/N2CCCCCC2)c(=O)[nH]c1=S. The number of hydrazone groups is 1. The molecule has 0 radical (unpaired) electrons. The zero-order valence-corrected chi connectivity index (χ0v) is 14.0. The Balaban J connectivity index is 2.34. The molecule has 1 aliphatic rings. The molecule has 22 heavy (non-hydrogen) atoms. The molecule has 0 saturated carbocycles. The van der Waals surface area contributed by atoms with Gasteiger partial charge in [-0.15, -0.1) is 0 Å². The second-order valence-electron chi connectivity index (χ2n) is 5.74. The highest BCUT2D eigenvalue weighted by Gasteiger charge is 2.15. The van der Waals surface area contributed by atoms with Crippen molar-refractivity contribution in [3.05, 3.63) is 20.7 Å². The molecule has 0 bridgehead atoms. The van der Waals surface area contributed by atoms with Gasteiger partial charge in [0.05, 0.1) is 6.21 Å². The summed E-state index contributed by atoms with van der Waals surface area (Å²) in [4.78, 5) is 14.7. The predicted molar refractivity (Wildman–Crippen MR) is 90.2 cm³/mol. The lowest BCUT2D eigenvalue weighted by molar-refractivity contribution is 0.302. The average molecular weight is 324 g/mol. The molecule has 122 valence electrons. The van der Waals surface area contributed by atoms with Crippen molar-refractivity contribution >= 4 is 18.4 Å². The van der Waals surface area contributed by atoms with Crippen molar-refractivity contribution in [2.24, 2.45) is 5.10 Å². The summed E-state index contributed by atoms with van der Waals surface area (Å²) in [5.74, 6) is -0.110. The monoisotopic (exact) mass is 324 g/mol. The maximum Gasteiger partial charge on any atom is 0.264 e. The largest absolute Gasteiger partial charge is 0.494 e. The van der Waals surface area contributed by atoms with Crippen LogP contribution in [0.15, 0.2) is 9.90 Å². The number of aromatic amines is 1. The van der Waals surface area contributed by atoms with E-state index in [-0.39, 0.29) is 22.3 Å². The molecule has 1 unspecified atom stereocenters. The Morgan fingerprint density at radius 3 is 2.59 bits per heavy atom. The van der Waals surface area contributed by atoms with Gasteiger partial charge in [0, 0.05) is 19.1 Å². The predicted octanol–water partition coefficient (Wildman–Crippen LogP) is 2.79. The fourth-order valence-corrected chi connectivity index (χ4v) is 2.93. The van der Waals surface area contributed by atoms with Crippen LogP contribution in [-0.2, 0) is 0 Å². The number of hydrogen-bond acceptors (Lipinski definition) is 5. The van der Waals surface area contributed by atoms with Gasteiger partial charge in [-0.25, -0.2) is 0 Å². The molecule has 0 aromatic carbocycles. The summed E-state index contributed by atoms with van der Waals surface area (Å²) in [5, 5.41) is 16.7. The van der Waals surface area contributed by atoms with Crippen molar-refractivity contribution in [1.82, 2.24) is 14.6 Å². The molecule has 0 aliphatic carbocycles. The van der Waals surface area contributed by atoms with E-state index >= 15 is 0 Å². The zero-order valence-electron chi connectivity index (χ0n) is 13.2. The topological polar surface area (TPSA) is 73.6 Å². The Bertz CT molecular complexity index is 642. The molecular weight excluding hydrogens is 300 g/mol. The van der Waals surface area contributed by atoms with E-state index in [0.29, 0.717) is 0 Å². The molecule has 1 aliphatic heterocycles. The van der Waals surface area contributed by atoms with Gasteiger partial charge in [0.15, 0.2) is 4.77 Å².